The smallest absolute Gasteiger partial charge is 0.119 e. The normalized spacial score (nSPS) is 11.7. The molecule has 2 nitrogen and oxygen atoms in total. The number of nitrogens with zero attached hydrogens (tertiary/aromatic N) is 1. The maximum absolute atomic E-state index is 9.29. The minimum atomic E-state index is -0.331. The van der Waals surface area contributed by atoms with Crippen LogP contribution < -0.4 is 4.74 Å². The summed E-state index contributed by atoms with van der Waals surface area (Å²) in [5.41, 5.74) is 0.767. The molecule has 2 rings (SSSR count). The molecule has 1 atom stereocenters. The third kappa shape index (κ3) is 4.54. The van der Waals surface area contributed by atoms with Gasteiger partial charge in [-0.1, -0.05) is 40.9 Å². The first-order valence-electron chi connectivity index (χ1n) is 6.33. The summed E-state index contributed by atoms with van der Waals surface area (Å²) in [5, 5.41) is 11.0. The van der Waals surface area contributed by atoms with Crippen LogP contribution in [0.4, 0.5) is 0 Å². The Bertz CT molecular complexity index is 650. The van der Waals surface area contributed by atoms with E-state index in [4.69, 9.17) is 39.5 Å². The lowest BCUT2D eigenvalue weighted by Gasteiger charge is -2.12. The largest absolute Gasteiger partial charge is 0.494 e. The lowest BCUT2D eigenvalue weighted by Crippen LogP contribution is -2.05. The Balaban J connectivity index is 1.97. The lowest BCUT2D eigenvalue weighted by atomic mass is 9.97. The van der Waals surface area contributed by atoms with Gasteiger partial charge >= 0.3 is 0 Å². The Morgan fingerprint density at radius 3 is 2.29 bits per heavy atom. The van der Waals surface area contributed by atoms with Crippen molar-refractivity contribution in [3.63, 3.8) is 0 Å². The van der Waals surface area contributed by atoms with E-state index in [1.165, 1.54) is 0 Å². The SMILES string of the molecule is N#C[C@@H](CCOc1ccc(Cl)cc1)c1ccc(Cl)cc1Cl. The van der Waals surface area contributed by atoms with Gasteiger partial charge in [-0.05, 0) is 42.0 Å². The zero-order chi connectivity index (χ0) is 15.2. The van der Waals surface area contributed by atoms with E-state index in [2.05, 4.69) is 6.07 Å². The average molecular weight is 341 g/mol. The molecule has 0 unspecified atom stereocenters. The van der Waals surface area contributed by atoms with E-state index in [-0.39, 0.29) is 5.92 Å². The second-order valence-electron chi connectivity index (χ2n) is 4.44. The van der Waals surface area contributed by atoms with Gasteiger partial charge in [-0.25, -0.2) is 0 Å². The van der Waals surface area contributed by atoms with Crippen LogP contribution in [-0.2, 0) is 0 Å². The number of halogens is 3. The molecule has 0 radical (unpaired) electrons. The van der Waals surface area contributed by atoms with Crippen molar-refractivity contribution in [3.05, 3.63) is 63.1 Å². The van der Waals surface area contributed by atoms with Crippen molar-refractivity contribution >= 4 is 34.8 Å². The summed E-state index contributed by atoms with van der Waals surface area (Å²) >= 11 is 17.8. The van der Waals surface area contributed by atoms with Gasteiger partial charge in [0, 0.05) is 21.5 Å². The maximum atomic E-state index is 9.29. The topological polar surface area (TPSA) is 33.0 Å². The van der Waals surface area contributed by atoms with Gasteiger partial charge in [0.05, 0.1) is 18.6 Å². The molecule has 108 valence electrons. The van der Waals surface area contributed by atoms with Gasteiger partial charge in [0.1, 0.15) is 5.75 Å². The first kappa shape index (κ1) is 16.0. The van der Waals surface area contributed by atoms with Crippen molar-refractivity contribution in [2.24, 2.45) is 0 Å². The van der Waals surface area contributed by atoms with Crippen LogP contribution in [0, 0.1) is 11.3 Å². The molecular formula is C16H12Cl3NO. The number of benzene rings is 2. The van der Waals surface area contributed by atoms with Crippen molar-refractivity contribution in [3.8, 4) is 11.8 Å². The minimum absolute atomic E-state index is 0.331. The molecule has 0 saturated carbocycles. The zero-order valence-electron chi connectivity index (χ0n) is 11.0. The molecule has 2 aromatic carbocycles. The van der Waals surface area contributed by atoms with E-state index in [1.54, 1.807) is 42.5 Å². The van der Waals surface area contributed by atoms with E-state index in [0.29, 0.717) is 28.1 Å². The Morgan fingerprint density at radius 1 is 1.00 bits per heavy atom. The third-order valence-corrected chi connectivity index (χ3v) is 3.80. The molecule has 0 fully saturated rings. The highest BCUT2D eigenvalue weighted by Gasteiger charge is 2.14. The molecule has 0 heterocycles. The van der Waals surface area contributed by atoms with E-state index in [9.17, 15) is 5.26 Å². The van der Waals surface area contributed by atoms with Gasteiger partial charge in [0.2, 0.25) is 0 Å². The van der Waals surface area contributed by atoms with Crippen LogP contribution >= 0.6 is 34.8 Å². The molecule has 21 heavy (non-hydrogen) atoms. The number of nitriles is 1. The quantitative estimate of drug-likeness (QED) is 0.697. The third-order valence-electron chi connectivity index (χ3n) is 2.98. The second kappa shape index (κ2) is 7.56. The summed E-state index contributed by atoms with van der Waals surface area (Å²) in [6.45, 7) is 0.415. The van der Waals surface area contributed by atoms with Crippen LogP contribution in [0.2, 0.25) is 15.1 Å². The molecule has 0 aliphatic rings. The molecule has 0 aliphatic heterocycles. The fourth-order valence-corrected chi connectivity index (χ4v) is 2.57. The first-order valence-corrected chi connectivity index (χ1v) is 7.46. The summed E-state index contributed by atoms with van der Waals surface area (Å²) in [4.78, 5) is 0. The summed E-state index contributed by atoms with van der Waals surface area (Å²) < 4.78 is 5.60. The van der Waals surface area contributed by atoms with Gasteiger partial charge in [-0.2, -0.15) is 5.26 Å². The summed E-state index contributed by atoms with van der Waals surface area (Å²) in [6, 6.07) is 14.5. The van der Waals surface area contributed by atoms with Crippen LogP contribution in [0.15, 0.2) is 42.5 Å². The van der Waals surface area contributed by atoms with Crippen LogP contribution in [0.5, 0.6) is 5.75 Å². The molecule has 0 amide bonds. The van der Waals surface area contributed by atoms with E-state index < -0.39 is 0 Å². The molecule has 2 aromatic rings. The molecule has 0 N–H and O–H groups in total. The second-order valence-corrected chi connectivity index (χ2v) is 5.72. The van der Waals surface area contributed by atoms with Crippen LogP contribution in [0.25, 0.3) is 0 Å². The van der Waals surface area contributed by atoms with Crippen molar-refractivity contribution in [2.75, 3.05) is 6.61 Å². The van der Waals surface area contributed by atoms with Gasteiger partial charge in [-0.3, -0.25) is 0 Å². The highest BCUT2D eigenvalue weighted by atomic mass is 35.5. The monoisotopic (exact) mass is 339 g/mol. The van der Waals surface area contributed by atoms with Gasteiger partial charge < -0.3 is 4.74 Å². The van der Waals surface area contributed by atoms with Crippen LogP contribution in [0.3, 0.4) is 0 Å². The zero-order valence-corrected chi connectivity index (χ0v) is 13.3. The van der Waals surface area contributed by atoms with Crippen molar-refractivity contribution in [1.82, 2.24) is 0 Å². The van der Waals surface area contributed by atoms with Gasteiger partial charge in [0.25, 0.3) is 0 Å². The minimum Gasteiger partial charge on any atom is -0.494 e. The van der Waals surface area contributed by atoms with E-state index in [1.807, 2.05) is 0 Å². The van der Waals surface area contributed by atoms with E-state index in [0.717, 1.165) is 11.3 Å². The van der Waals surface area contributed by atoms with Gasteiger partial charge in [0.15, 0.2) is 0 Å². The number of rotatable bonds is 5. The Labute approximate surface area is 138 Å². The Morgan fingerprint density at radius 2 is 1.67 bits per heavy atom. The molecule has 5 heteroatoms. The number of hydrogen-bond acceptors (Lipinski definition) is 2. The summed E-state index contributed by atoms with van der Waals surface area (Å²) in [5.74, 6) is 0.389. The highest BCUT2D eigenvalue weighted by molar-refractivity contribution is 6.35. The van der Waals surface area contributed by atoms with Crippen molar-refractivity contribution in [1.29, 1.82) is 5.26 Å². The predicted octanol–water partition coefficient (Wildman–Crippen LogP) is 5.72. The summed E-state index contributed by atoms with van der Waals surface area (Å²) in [7, 11) is 0. The van der Waals surface area contributed by atoms with Crippen molar-refractivity contribution in [2.45, 2.75) is 12.3 Å². The first-order chi connectivity index (χ1) is 10.1. The fraction of sp³-hybridized carbons (Fsp3) is 0.188. The molecule has 0 saturated heterocycles. The summed E-state index contributed by atoms with van der Waals surface area (Å²) in [6.07, 6.45) is 0.542. The number of ether oxygens (including phenoxy) is 1. The molecule has 0 aliphatic carbocycles. The standard InChI is InChI=1S/C16H12Cl3NO/c17-12-1-4-14(5-2-12)21-8-7-11(10-20)15-6-3-13(18)9-16(15)19/h1-6,9,11H,7-8H2/t11-/m1/s1. The van der Waals surface area contributed by atoms with Crippen molar-refractivity contribution < 1.29 is 4.74 Å². The average Bonchev–Trinajstić information content (AvgIpc) is 2.46. The van der Waals surface area contributed by atoms with E-state index >= 15 is 0 Å². The molecule has 0 bridgehead atoms. The lowest BCUT2D eigenvalue weighted by molar-refractivity contribution is 0.306. The predicted molar refractivity (Wildman–Crippen MR) is 86.4 cm³/mol. The maximum Gasteiger partial charge on any atom is 0.119 e. The Hall–Kier alpha value is -1.40. The van der Waals surface area contributed by atoms with Gasteiger partial charge in [-0.15, -0.1) is 0 Å². The Kier molecular flexibility index (Phi) is 5.76. The molecule has 0 spiro atoms. The highest BCUT2D eigenvalue weighted by Crippen LogP contribution is 2.29. The molecular weight excluding hydrogens is 329 g/mol. The fourth-order valence-electron chi connectivity index (χ4n) is 1.90. The van der Waals surface area contributed by atoms with Crippen LogP contribution in [0.1, 0.15) is 17.9 Å². The van der Waals surface area contributed by atoms with Crippen LogP contribution in [-0.4, -0.2) is 6.61 Å². The molecule has 0 aromatic heterocycles. The number of hydrogen-bond donors (Lipinski definition) is 0.